The van der Waals surface area contributed by atoms with Gasteiger partial charge in [-0.15, -0.1) is 0 Å². The summed E-state index contributed by atoms with van der Waals surface area (Å²) in [6.45, 7) is 3.61. The summed E-state index contributed by atoms with van der Waals surface area (Å²) in [7, 11) is 1.67. The van der Waals surface area contributed by atoms with Gasteiger partial charge in [-0.05, 0) is 19.9 Å². The summed E-state index contributed by atoms with van der Waals surface area (Å²) >= 11 is 0. The van der Waals surface area contributed by atoms with Gasteiger partial charge in [-0.1, -0.05) is 18.2 Å². The topological polar surface area (TPSA) is 53.7 Å². The van der Waals surface area contributed by atoms with Crippen LogP contribution in [0, 0.1) is 0 Å². The number of rotatable bonds is 3. The normalized spacial score (nSPS) is 11.8. The molecule has 0 atom stereocenters. The Balaban J connectivity index is 2.29. The van der Waals surface area contributed by atoms with E-state index in [1.165, 1.54) is 11.2 Å². The summed E-state index contributed by atoms with van der Waals surface area (Å²) in [4.78, 5) is 13.7. The van der Waals surface area contributed by atoms with Crippen molar-refractivity contribution in [1.29, 1.82) is 0 Å². The molecule has 2 rings (SSSR count). The Morgan fingerprint density at radius 3 is 2.72 bits per heavy atom. The maximum atomic E-state index is 12.3. The monoisotopic (exact) mass is 247 g/mol. The molecule has 0 unspecified atom stereocenters. The molecule has 1 N–H and O–H groups in total. The Morgan fingerprint density at radius 1 is 1.39 bits per heavy atom. The zero-order valence-electron chi connectivity index (χ0n) is 10.8. The molecule has 1 amide bonds. The van der Waals surface area contributed by atoms with Gasteiger partial charge in [-0.2, -0.15) is 0 Å². The van der Waals surface area contributed by atoms with Crippen LogP contribution in [0.25, 0.3) is 11.0 Å². The molecule has 0 aliphatic heterocycles. The highest BCUT2D eigenvalue weighted by atomic mass is 16.3. The van der Waals surface area contributed by atoms with Crippen molar-refractivity contribution in [3.8, 4) is 0 Å². The van der Waals surface area contributed by atoms with Crippen LogP contribution in [-0.2, 0) is 0 Å². The average Bonchev–Trinajstić information content (AvgIpc) is 2.69. The highest BCUT2D eigenvalue weighted by Crippen LogP contribution is 2.22. The molecule has 1 aromatic carbocycles. The maximum Gasteiger partial charge on any atom is 0.257 e. The number of hydrogen-bond acceptors (Lipinski definition) is 3. The number of benzene rings is 1. The van der Waals surface area contributed by atoms with Crippen LogP contribution in [0.3, 0.4) is 0 Å². The van der Waals surface area contributed by atoms with E-state index in [2.05, 4.69) is 0 Å². The molecule has 0 saturated heterocycles. The van der Waals surface area contributed by atoms with E-state index in [4.69, 9.17) is 4.42 Å². The fraction of sp³-hybridized carbons (Fsp3) is 0.357. The number of fused-ring (bicyclic) bond motifs is 1. The number of aliphatic hydroxyl groups is 1. The third-order valence-electron chi connectivity index (χ3n) is 2.68. The SMILES string of the molecule is CN(CC(C)(C)O)C(=O)c1coc2ccccc12. The van der Waals surface area contributed by atoms with Gasteiger partial charge in [-0.3, -0.25) is 4.79 Å². The Kier molecular flexibility index (Phi) is 3.13. The van der Waals surface area contributed by atoms with E-state index in [1.54, 1.807) is 20.9 Å². The van der Waals surface area contributed by atoms with Crippen LogP contribution in [-0.4, -0.2) is 35.1 Å². The Bertz CT molecular complexity index is 566. The lowest BCUT2D eigenvalue weighted by Gasteiger charge is -2.25. The number of carbonyl (C=O) groups excluding carboxylic acids is 1. The van der Waals surface area contributed by atoms with E-state index >= 15 is 0 Å². The van der Waals surface area contributed by atoms with Gasteiger partial charge in [0.15, 0.2) is 0 Å². The number of likely N-dealkylation sites (N-methyl/N-ethyl adjacent to an activating group) is 1. The first-order valence-corrected chi connectivity index (χ1v) is 5.82. The molecular weight excluding hydrogens is 230 g/mol. The number of hydrogen-bond donors (Lipinski definition) is 1. The van der Waals surface area contributed by atoms with Crippen molar-refractivity contribution in [3.63, 3.8) is 0 Å². The summed E-state index contributed by atoms with van der Waals surface area (Å²) in [5.74, 6) is -0.151. The minimum Gasteiger partial charge on any atom is -0.463 e. The molecule has 0 aliphatic carbocycles. The van der Waals surface area contributed by atoms with Crippen LogP contribution in [0.15, 0.2) is 34.9 Å². The Morgan fingerprint density at radius 2 is 2.06 bits per heavy atom. The van der Waals surface area contributed by atoms with Crippen LogP contribution < -0.4 is 0 Å². The number of para-hydroxylation sites is 1. The van der Waals surface area contributed by atoms with Crippen molar-refractivity contribution in [2.45, 2.75) is 19.4 Å². The Hall–Kier alpha value is -1.81. The van der Waals surface area contributed by atoms with Gasteiger partial charge >= 0.3 is 0 Å². The maximum absolute atomic E-state index is 12.3. The summed E-state index contributed by atoms with van der Waals surface area (Å²) in [5.41, 5.74) is 0.305. The molecule has 1 heterocycles. The van der Waals surface area contributed by atoms with Crippen molar-refractivity contribution < 1.29 is 14.3 Å². The van der Waals surface area contributed by atoms with Crippen LogP contribution in [0.5, 0.6) is 0 Å². The second kappa shape index (κ2) is 4.46. The molecule has 96 valence electrons. The first-order chi connectivity index (χ1) is 8.38. The highest BCUT2D eigenvalue weighted by molar-refractivity contribution is 6.05. The smallest absolute Gasteiger partial charge is 0.257 e. The van der Waals surface area contributed by atoms with E-state index in [0.29, 0.717) is 11.1 Å². The van der Waals surface area contributed by atoms with Crippen molar-refractivity contribution >= 4 is 16.9 Å². The summed E-state index contributed by atoms with van der Waals surface area (Å²) in [6.07, 6.45) is 1.47. The minimum absolute atomic E-state index is 0.151. The summed E-state index contributed by atoms with van der Waals surface area (Å²) < 4.78 is 5.34. The largest absolute Gasteiger partial charge is 0.463 e. The molecule has 0 fully saturated rings. The molecular formula is C14H17NO3. The van der Waals surface area contributed by atoms with Crippen LogP contribution >= 0.6 is 0 Å². The lowest BCUT2D eigenvalue weighted by Crippen LogP contribution is -2.39. The average molecular weight is 247 g/mol. The predicted octanol–water partition coefficient (Wildman–Crippen LogP) is 2.28. The Labute approximate surface area is 106 Å². The highest BCUT2D eigenvalue weighted by Gasteiger charge is 2.22. The lowest BCUT2D eigenvalue weighted by atomic mass is 10.1. The van der Waals surface area contributed by atoms with Gasteiger partial charge in [0.25, 0.3) is 5.91 Å². The molecule has 0 aliphatic rings. The molecule has 2 aromatic rings. The predicted molar refractivity (Wildman–Crippen MR) is 69.5 cm³/mol. The van der Waals surface area contributed by atoms with E-state index in [0.717, 1.165) is 5.39 Å². The molecule has 4 nitrogen and oxygen atoms in total. The molecule has 0 bridgehead atoms. The second-order valence-corrected chi connectivity index (χ2v) is 5.12. The van der Waals surface area contributed by atoms with Crippen molar-refractivity contribution in [1.82, 2.24) is 4.90 Å². The molecule has 0 saturated carbocycles. The van der Waals surface area contributed by atoms with E-state index in [9.17, 15) is 9.90 Å². The van der Waals surface area contributed by atoms with Gasteiger partial charge in [0.05, 0.1) is 11.2 Å². The molecule has 4 heteroatoms. The molecule has 0 spiro atoms. The number of furan rings is 1. The van der Waals surface area contributed by atoms with Gasteiger partial charge < -0.3 is 14.4 Å². The van der Waals surface area contributed by atoms with Gasteiger partial charge in [0.1, 0.15) is 11.8 Å². The van der Waals surface area contributed by atoms with Gasteiger partial charge in [-0.25, -0.2) is 0 Å². The zero-order valence-corrected chi connectivity index (χ0v) is 10.8. The van der Waals surface area contributed by atoms with Crippen molar-refractivity contribution in [2.24, 2.45) is 0 Å². The molecule has 1 aromatic heterocycles. The standard InChI is InChI=1S/C14H17NO3/c1-14(2,17)9-15(3)13(16)11-8-18-12-7-5-4-6-10(11)12/h4-8,17H,9H2,1-3H3. The quantitative estimate of drug-likeness (QED) is 0.905. The number of amides is 1. The van der Waals surface area contributed by atoms with Crippen LogP contribution in [0.2, 0.25) is 0 Å². The fourth-order valence-corrected chi connectivity index (χ4v) is 2.00. The first kappa shape index (κ1) is 12.6. The third-order valence-corrected chi connectivity index (χ3v) is 2.68. The number of nitrogens with zero attached hydrogens (tertiary/aromatic N) is 1. The molecule has 0 radical (unpaired) electrons. The van der Waals surface area contributed by atoms with Crippen LogP contribution in [0.4, 0.5) is 0 Å². The number of carbonyl (C=O) groups is 1. The van der Waals surface area contributed by atoms with Crippen molar-refractivity contribution in [3.05, 3.63) is 36.1 Å². The first-order valence-electron chi connectivity index (χ1n) is 5.82. The van der Waals surface area contributed by atoms with Gasteiger partial charge in [0, 0.05) is 19.0 Å². The summed E-state index contributed by atoms with van der Waals surface area (Å²) in [6, 6.07) is 7.40. The van der Waals surface area contributed by atoms with Crippen molar-refractivity contribution in [2.75, 3.05) is 13.6 Å². The summed E-state index contributed by atoms with van der Waals surface area (Å²) in [5, 5.41) is 10.5. The zero-order chi connectivity index (χ0) is 13.3. The molecule has 18 heavy (non-hydrogen) atoms. The van der Waals surface area contributed by atoms with Gasteiger partial charge in [0.2, 0.25) is 0 Å². The second-order valence-electron chi connectivity index (χ2n) is 5.12. The minimum atomic E-state index is -0.913. The van der Waals surface area contributed by atoms with E-state index < -0.39 is 5.60 Å². The van der Waals surface area contributed by atoms with Crippen LogP contribution in [0.1, 0.15) is 24.2 Å². The third kappa shape index (κ3) is 2.54. The van der Waals surface area contributed by atoms with E-state index in [1.807, 2.05) is 24.3 Å². The lowest BCUT2D eigenvalue weighted by molar-refractivity contribution is 0.0368. The van der Waals surface area contributed by atoms with E-state index in [-0.39, 0.29) is 12.5 Å². The fourth-order valence-electron chi connectivity index (χ4n) is 2.00.